The fraction of sp³-hybridized carbons (Fsp3) is 0.625. The molecular weight excluding hydrogens is 319 g/mol. The number of halogens is 1. The van der Waals surface area contributed by atoms with Crippen LogP contribution in [0.2, 0.25) is 0 Å². The van der Waals surface area contributed by atoms with Crippen molar-refractivity contribution in [2.75, 3.05) is 52.2 Å². The average Bonchev–Trinajstić information content (AvgIpc) is 2.54. The van der Waals surface area contributed by atoms with E-state index in [9.17, 15) is 12.8 Å². The fourth-order valence-electron chi connectivity index (χ4n) is 2.75. The van der Waals surface area contributed by atoms with E-state index in [1.165, 1.54) is 13.2 Å². The highest BCUT2D eigenvalue weighted by Gasteiger charge is 2.26. The normalized spacial score (nSPS) is 17.5. The second-order valence-electron chi connectivity index (χ2n) is 5.78. The van der Waals surface area contributed by atoms with Crippen molar-refractivity contribution in [3.05, 3.63) is 35.6 Å². The Kier molecular flexibility index (Phi) is 6.95. The van der Waals surface area contributed by atoms with Gasteiger partial charge in [0.2, 0.25) is 10.0 Å². The topological polar surface area (TPSA) is 49.9 Å². The number of rotatable bonds is 8. The van der Waals surface area contributed by atoms with Crippen LogP contribution in [0.4, 0.5) is 4.39 Å². The number of sulfonamides is 1. The van der Waals surface area contributed by atoms with Crippen LogP contribution in [0.25, 0.3) is 0 Å². The maximum atomic E-state index is 13.1. The van der Waals surface area contributed by atoms with Gasteiger partial charge >= 0.3 is 0 Å². The summed E-state index contributed by atoms with van der Waals surface area (Å²) in [4.78, 5) is 2.27. The third-order valence-electron chi connectivity index (χ3n) is 4.10. The summed E-state index contributed by atoms with van der Waals surface area (Å²) < 4.78 is 43.7. The number of benzene rings is 1. The Morgan fingerprint density at radius 3 is 2.61 bits per heavy atom. The quantitative estimate of drug-likeness (QED) is 0.714. The largest absolute Gasteiger partial charge is 0.384 e. The van der Waals surface area contributed by atoms with Crippen LogP contribution in [0.1, 0.15) is 12.0 Å². The highest BCUT2D eigenvalue weighted by molar-refractivity contribution is 7.89. The van der Waals surface area contributed by atoms with Crippen molar-refractivity contribution in [2.45, 2.75) is 12.8 Å². The third-order valence-corrected chi connectivity index (χ3v) is 5.93. The molecule has 0 bridgehead atoms. The maximum Gasteiger partial charge on any atom is 0.216 e. The summed E-state index contributed by atoms with van der Waals surface area (Å²) in [5.74, 6) is -0.152. The molecular formula is C16H25FN2O3S. The van der Waals surface area contributed by atoms with Gasteiger partial charge in [0.05, 0.1) is 12.4 Å². The number of aryl methyl sites for hydroxylation is 1. The highest BCUT2D eigenvalue weighted by atomic mass is 32.2. The number of ether oxygens (including phenoxy) is 1. The second-order valence-corrected chi connectivity index (χ2v) is 7.87. The van der Waals surface area contributed by atoms with Crippen LogP contribution in [-0.4, -0.2) is 69.8 Å². The molecule has 1 aliphatic heterocycles. The molecule has 0 aliphatic carbocycles. The Morgan fingerprint density at radius 1 is 1.22 bits per heavy atom. The zero-order chi connectivity index (χ0) is 16.7. The van der Waals surface area contributed by atoms with Gasteiger partial charge in [-0.05, 0) is 37.1 Å². The number of piperazine rings is 1. The molecule has 1 fully saturated rings. The minimum absolute atomic E-state index is 0.0447. The predicted molar refractivity (Wildman–Crippen MR) is 88.4 cm³/mol. The number of hydrogen-bond donors (Lipinski definition) is 0. The smallest absolute Gasteiger partial charge is 0.216 e. The van der Waals surface area contributed by atoms with Crippen LogP contribution >= 0.6 is 0 Å². The first kappa shape index (κ1) is 18.3. The van der Waals surface area contributed by atoms with Gasteiger partial charge in [-0.1, -0.05) is 12.1 Å². The van der Waals surface area contributed by atoms with Gasteiger partial charge in [-0.15, -0.1) is 0 Å². The van der Waals surface area contributed by atoms with E-state index in [0.717, 1.165) is 38.0 Å². The molecule has 0 saturated carbocycles. The van der Waals surface area contributed by atoms with E-state index in [4.69, 9.17) is 4.74 Å². The molecule has 1 aromatic carbocycles. The van der Waals surface area contributed by atoms with Crippen molar-refractivity contribution in [3.8, 4) is 0 Å². The second kappa shape index (κ2) is 8.73. The lowest BCUT2D eigenvalue weighted by atomic mass is 10.1. The highest BCUT2D eigenvalue weighted by Crippen LogP contribution is 2.11. The van der Waals surface area contributed by atoms with Crippen LogP contribution < -0.4 is 0 Å². The minimum Gasteiger partial charge on any atom is -0.384 e. The molecule has 0 spiro atoms. The van der Waals surface area contributed by atoms with E-state index in [2.05, 4.69) is 4.90 Å². The van der Waals surface area contributed by atoms with Gasteiger partial charge in [-0.3, -0.25) is 0 Å². The van der Waals surface area contributed by atoms with Crippen LogP contribution in [0, 0.1) is 5.82 Å². The molecule has 23 heavy (non-hydrogen) atoms. The molecule has 0 atom stereocenters. The Labute approximate surface area is 138 Å². The van der Waals surface area contributed by atoms with Crippen molar-refractivity contribution in [3.63, 3.8) is 0 Å². The van der Waals surface area contributed by atoms with Gasteiger partial charge in [-0.2, -0.15) is 4.31 Å². The van der Waals surface area contributed by atoms with Gasteiger partial charge in [0.1, 0.15) is 5.82 Å². The van der Waals surface area contributed by atoms with Crippen molar-refractivity contribution >= 4 is 10.0 Å². The summed E-state index contributed by atoms with van der Waals surface area (Å²) in [5, 5.41) is 0. The Hall–Kier alpha value is -1.02. The van der Waals surface area contributed by atoms with E-state index in [-0.39, 0.29) is 18.2 Å². The molecule has 5 nitrogen and oxygen atoms in total. The summed E-state index contributed by atoms with van der Waals surface area (Å²) in [7, 11) is -1.69. The molecule has 0 amide bonds. The first-order valence-electron chi connectivity index (χ1n) is 7.95. The molecule has 1 saturated heterocycles. The molecule has 1 heterocycles. The summed E-state index contributed by atoms with van der Waals surface area (Å²) in [5.41, 5.74) is 1.01. The molecule has 1 aliphatic rings. The lowest BCUT2D eigenvalue weighted by molar-refractivity contribution is 0.183. The number of methoxy groups -OCH3 is 1. The molecule has 1 aromatic rings. The lowest BCUT2D eigenvalue weighted by Crippen LogP contribution is -2.49. The van der Waals surface area contributed by atoms with Gasteiger partial charge in [-0.25, -0.2) is 12.8 Å². The van der Waals surface area contributed by atoms with Crippen LogP contribution in [0.5, 0.6) is 0 Å². The molecule has 0 unspecified atom stereocenters. The van der Waals surface area contributed by atoms with Gasteiger partial charge in [0, 0.05) is 33.3 Å². The lowest BCUT2D eigenvalue weighted by Gasteiger charge is -2.33. The molecule has 7 heteroatoms. The molecule has 2 rings (SSSR count). The van der Waals surface area contributed by atoms with Crippen molar-refractivity contribution in [1.29, 1.82) is 0 Å². The first-order valence-corrected chi connectivity index (χ1v) is 9.56. The molecule has 0 N–H and O–H groups in total. The van der Waals surface area contributed by atoms with Gasteiger partial charge < -0.3 is 9.64 Å². The average molecular weight is 344 g/mol. The Bertz CT molecular complexity index is 587. The van der Waals surface area contributed by atoms with E-state index < -0.39 is 10.0 Å². The summed E-state index contributed by atoms with van der Waals surface area (Å²) in [6.45, 7) is 3.70. The monoisotopic (exact) mass is 344 g/mol. The van der Waals surface area contributed by atoms with Crippen LogP contribution in [0.3, 0.4) is 0 Å². The SMILES string of the molecule is COCCS(=O)(=O)N1CCN(CCCc2cccc(F)c2)CC1. The summed E-state index contributed by atoms with van der Waals surface area (Å²) in [6, 6.07) is 6.69. The van der Waals surface area contributed by atoms with Crippen molar-refractivity contribution in [2.24, 2.45) is 0 Å². The Balaban J connectivity index is 1.70. The molecule has 0 radical (unpaired) electrons. The van der Waals surface area contributed by atoms with Gasteiger partial charge in [0.25, 0.3) is 0 Å². The third kappa shape index (κ3) is 5.84. The van der Waals surface area contributed by atoms with E-state index in [1.54, 1.807) is 16.4 Å². The molecule has 0 aromatic heterocycles. The zero-order valence-corrected chi connectivity index (χ0v) is 14.4. The van der Waals surface area contributed by atoms with E-state index in [1.807, 2.05) is 6.07 Å². The Morgan fingerprint density at radius 2 is 1.96 bits per heavy atom. The van der Waals surface area contributed by atoms with E-state index >= 15 is 0 Å². The summed E-state index contributed by atoms with van der Waals surface area (Å²) in [6.07, 6.45) is 1.78. The van der Waals surface area contributed by atoms with Gasteiger partial charge in [0.15, 0.2) is 0 Å². The summed E-state index contributed by atoms with van der Waals surface area (Å²) >= 11 is 0. The fourth-order valence-corrected chi connectivity index (χ4v) is 4.10. The minimum atomic E-state index is -3.20. The number of hydrogen-bond acceptors (Lipinski definition) is 4. The van der Waals surface area contributed by atoms with Crippen LogP contribution in [0.15, 0.2) is 24.3 Å². The zero-order valence-electron chi connectivity index (χ0n) is 13.6. The predicted octanol–water partition coefficient (Wildman–Crippen LogP) is 1.35. The standard InChI is InChI=1S/C16H25FN2O3S/c1-22-12-13-23(20,21)19-10-8-18(9-11-19)7-3-5-15-4-2-6-16(17)14-15/h2,4,6,14H,3,5,7-13H2,1H3. The first-order chi connectivity index (χ1) is 11.0. The van der Waals surface area contributed by atoms with Crippen molar-refractivity contribution < 1.29 is 17.5 Å². The molecule has 130 valence electrons. The van der Waals surface area contributed by atoms with Crippen molar-refractivity contribution in [1.82, 2.24) is 9.21 Å². The number of nitrogens with zero attached hydrogens (tertiary/aromatic N) is 2. The maximum absolute atomic E-state index is 13.1. The van der Waals surface area contributed by atoms with Crippen LogP contribution in [-0.2, 0) is 21.2 Å². The van der Waals surface area contributed by atoms with E-state index in [0.29, 0.717) is 13.1 Å².